The number of benzene rings is 1. The zero-order valence-electron chi connectivity index (χ0n) is 7.56. The smallest absolute Gasteiger partial charge is 0.233 e. The summed E-state index contributed by atoms with van der Waals surface area (Å²) in [6.45, 7) is 1.81. The minimum Gasteiger partial charge on any atom is -0.233 e. The van der Waals surface area contributed by atoms with E-state index in [4.69, 9.17) is 5.84 Å². The minimum absolute atomic E-state index is 0.505. The minimum atomic E-state index is -3.37. The van der Waals surface area contributed by atoms with Crippen molar-refractivity contribution < 1.29 is 8.42 Å². The number of anilines is 1. The van der Waals surface area contributed by atoms with Gasteiger partial charge in [0.2, 0.25) is 10.0 Å². The van der Waals surface area contributed by atoms with Gasteiger partial charge in [-0.1, -0.05) is 18.2 Å². The van der Waals surface area contributed by atoms with E-state index in [1.54, 1.807) is 25.1 Å². The molecule has 72 valence electrons. The van der Waals surface area contributed by atoms with Crippen LogP contribution in [0.15, 0.2) is 24.3 Å². The van der Waals surface area contributed by atoms with E-state index in [0.717, 1.165) is 16.2 Å². The lowest BCUT2D eigenvalue weighted by molar-refractivity contribution is 0.598. The van der Waals surface area contributed by atoms with Crippen molar-refractivity contribution in [2.75, 3.05) is 10.7 Å². The van der Waals surface area contributed by atoms with Gasteiger partial charge in [0, 0.05) is 0 Å². The molecular formula is C8H12N2O2S. The van der Waals surface area contributed by atoms with Gasteiger partial charge < -0.3 is 0 Å². The predicted molar refractivity (Wildman–Crippen MR) is 52.7 cm³/mol. The summed E-state index contributed by atoms with van der Waals surface area (Å²) in [6, 6.07) is 7.04. The summed E-state index contributed by atoms with van der Waals surface area (Å²) in [5.74, 6) is 5.42. The molecule has 2 N–H and O–H groups in total. The molecule has 0 heterocycles. The summed E-state index contributed by atoms with van der Waals surface area (Å²) in [5, 5.41) is 0. The first-order valence-electron chi connectivity index (χ1n) is 3.73. The Morgan fingerprint density at radius 3 is 2.31 bits per heavy atom. The maximum atomic E-state index is 11.1. The molecule has 0 atom stereocenters. The van der Waals surface area contributed by atoms with Crippen molar-refractivity contribution in [2.24, 2.45) is 5.84 Å². The average Bonchev–Trinajstić information content (AvgIpc) is 2.02. The van der Waals surface area contributed by atoms with Gasteiger partial charge >= 0.3 is 0 Å². The molecule has 0 fully saturated rings. The molecule has 1 aromatic carbocycles. The van der Waals surface area contributed by atoms with Crippen LogP contribution in [-0.4, -0.2) is 14.7 Å². The van der Waals surface area contributed by atoms with Crippen LogP contribution in [0, 0.1) is 6.92 Å². The number of para-hydroxylation sites is 1. The molecule has 0 spiro atoms. The van der Waals surface area contributed by atoms with Crippen molar-refractivity contribution in [3.63, 3.8) is 0 Å². The summed E-state index contributed by atoms with van der Waals surface area (Å²) < 4.78 is 22.9. The Bertz CT molecular complexity index is 400. The third-order valence-electron chi connectivity index (χ3n) is 1.71. The van der Waals surface area contributed by atoms with Crippen molar-refractivity contribution in [2.45, 2.75) is 6.92 Å². The molecule has 0 unspecified atom stereocenters. The van der Waals surface area contributed by atoms with Crippen molar-refractivity contribution in [3.8, 4) is 0 Å². The number of aryl methyl sites for hydroxylation is 1. The molecule has 0 saturated carbocycles. The first kappa shape index (κ1) is 10.0. The third kappa shape index (κ3) is 2.19. The molecule has 0 aromatic heterocycles. The van der Waals surface area contributed by atoms with E-state index >= 15 is 0 Å². The number of hydrogen-bond donors (Lipinski definition) is 1. The Hall–Kier alpha value is -1.07. The van der Waals surface area contributed by atoms with Gasteiger partial charge in [-0.2, -0.15) is 0 Å². The SMILES string of the molecule is Cc1ccccc1N(N)S(C)(=O)=O. The van der Waals surface area contributed by atoms with Crippen LogP contribution in [0.5, 0.6) is 0 Å². The number of hydrogen-bond acceptors (Lipinski definition) is 3. The van der Waals surface area contributed by atoms with Gasteiger partial charge in [0.1, 0.15) is 0 Å². The number of rotatable bonds is 2. The van der Waals surface area contributed by atoms with Gasteiger partial charge in [0.15, 0.2) is 0 Å². The topological polar surface area (TPSA) is 63.4 Å². The van der Waals surface area contributed by atoms with Gasteiger partial charge in [-0.25, -0.2) is 18.7 Å². The molecule has 0 aliphatic heterocycles. The zero-order valence-corrected chi connectivity index (χ0v) is 8.38. The predicted octanol–water partition coefficient (Wildman–Crippen LogP) is 0.635. The number of sulfonamides is 1. The van der Waals surface area contributed by atoms with Gasteiger partial charge in [-0.15, -0.1) is 0 Å². The van der Waals surface area contributed by atoms with Crippen LogP contribution in [0.2, 0.25) is 0 Å². The Balaban J connectivity index is 3.17. The third-order valence-corrected chi connectivity index (χ3v) is 2.62. The first-order chi connectivity index (χ1) is 5.93. The molecule has 0 bridgehead atoms. The fraction of sp³-hybridized carbons (Fsp3) is 0.250. The molecule has 5 heteroatoms. The number of nitrogens with zero attached hydrogens (tertiary/aromatic N) is 1. The van der Waals surface area contributed by atoms with Crippen molar-refractivity contribution in [3.05, 3.63) is 29.8 Å². The quantitative estimate of drug-likeness (QED) is 0.562. The van der Waals surface area contributed by atoms with E-state index in [1.165, 1.54) is 0 Å². The van der Waals surface area contributed by atoms with Crippen molar-refractivity contribution >= 4 is 15.7 Å². The summed E-state index contributed by atoms with van der Waals surface area (Å²) in [5.41, 5.74) is 1.33. The average molecular weight is 200 g/mol. The molecule has 0 aliphatic carbocycles. The summed E-state index contributed by atoms with van der Waals surface area (Å²) in [6.07, 6.45) is 1.07. The maximum absolute atomic E-state index is 11.1. The lowest BCUT2D eigenvalue weighted by Gasteiger charge is -2.17. The molecule has 0 saturated heterocycles. The van der Waals surface area contributed by atoms with Crippen LogP contribution in [0.25, 0.3) is 0 Å². The zero-order chi connectivity index (χ0) is 10.1. The Labute approximate surface area is 78.0 Å². The molecule has 1 aromatic rings. The highest BCUT2D eigenvalue weighted by molar-refractivity contribution is 7.92. The highest BCUT2D eigenvalue weighted by atomic mass is 32.2. The lowest BCUT2D eigenvalue weighted by Crippen LogP contribution is -2.36. The van der Waals surface area contributed by atoms with Crippen molar-refractivity contribution in [1.29, 1.82) is 0 Å². The standard InChI is InChI=1S/C8H12N2O2S/c1-7-5-3-4-6-8(7)10(9)13(2,11)12/h3-6H,9H2,1-2H3. The Morgan fingerprint density at radius 1 is 1.31 bits per heavy atom. The summed E-state index contributed by atoms with van der Waals surface area (Å²) in [7, 11) is -3.37. The van der Waals surface area contributed by atoms with Crippen LogP contribution in [0.1, 0.15) is 5.56 Å². The molecule has 4 nitrogen and oxygen atoms in total. The van der Waals surface area contributed by atoms with Gasteiger partial charge in [-0.3, -0.25) is 0 Å². The summed E-state index contributed by atoms with van der Waals surface area (Å²) in [4.78, 5) is 0. The molecule has 0 amide bonds. The van der Waals surface area contributed by atoms with Gasteiger partial charge in [0.05, 0.1) is 11.9 Å². The van der Waals surface area contributed by atoms with E-state index < -0.39 is 10.0 Å². The Morgan fingerprint density at radius 2 is 1.85 bits per heavy atom. The van der Waals surface area contributed by atoms with Gasteiger partial charge in [-0.05, 0) is 18.6 Å². The van der Waals surface area contributed by atoms with Crippen LogP contribution >= 0.6 is 0 Å². The molecule has 0 radical (unpaired) electrons. The lowest BCUT2D eigenvalue weighted by atomic mass is 10.2. The maximum Gasteiger partial charge on any atom is 0.245 e. The second-order valence-corrected chi connectivity index (χ2v) is 4.70. The second kappa shape index (κ2) is 3.35. The molecule has 13 heavy (non-hydrogen) atoms. The van der Waals surface area contributed by atoms with Gasteiger partial charge in [0.25, 0.3) is 0 Å². The van der Waals surface area contributed by atoms with Crippen LogP contribution < -0.4 is 10.3 Å². The number of hydrazine groups is 1. The van der Waals surface area contributed by atoms with Crippen molar-refractivity contribution in [1.82, 2.24) is 0 Å². The molecule has 1 rings (SSSR count). The van der Waals surface area contributed by atoms with Crippen LogP contribution in [-0.2, 0) is 10.0 Å². The van der Waals surface area contributed by atoms with E-state index in [-0.39, 0.29) is 0 Å². The highest BCUT2D eigenvalue weighted by Gasteiger charge is 2.13. The van der Waals surface area contributed by atoms with E-state index in [9.17, 15) is 8.42 Å². The van der Waals surface area contributed by atoms with Crippen LogP contribution in [0.3, 0.4) is 0 Å². The second-order valence-electron chi connectivity index (χ2n) is 2.85. The molecule has 0 aliphatic rings. The Kier molecular flexibility index (Phi) is 2.58. The fourth-order valence-electron chi connectivity index (χ4n) is 0.989. The first-order valence-corrected chi connectivity index (χ1v) is 5.58. The normalized spacial score (nSPS) is 11.3. The van der Waals surface area contributed by atoms with E-state index in [0.29, 0.717) is 5.69 Å². The monoisotopic (exact) mass is 200 g/mol. The summed E-state index contributed by atoms with van der Waals surface area (Å²) >= 11 is 0. The molecular weight excluding hydrogens is 188 g/mol. The largest absolute Gasteiger partial charge is 0.245 e. The van der Waals surface area contributed by atoms with Crippen LogP contribution in [0.4, 0.5) is 5.69 Å². The van der Waals surface area contributed by atoms with E-state index in [1.807, 2.05) is 6.07 Å². The number of nitrogens with two attached hydrogens (primary N) is 1. The highest BCUT2D eigenvalue weighted by Crippen LogP contribution is 2.18. The fourth-order valence-corrected chi connectivity index (χ4v) is 1.55. The van der Waals surface area contributed by atoms with E-state index in [2.05, 4.69) is 0 Å².